The Morgan fingerprint density at radius 1 is 1.09 bits per heavy atom. The number of para-hydroxylation sites is 1. The van der Waals surface area contributed by atoms with E-state index in [0.717, 1.165) is 0 Å². The number of anilines is 1. The first-order valence-electron chi connectivity index (χ1n) is 10.6. The number of rotatable bonds is 3. The fraction of sp³-hybridized carbons (Fsp3) is 0.360. The summed E-state index contributed by atoms with van der Waals surface area (Å²) < 4.78 is 11.6. The number of carbonyl (C=O) groups is 2. The molecule has 4 atom stereocenters. The number of aromatic hydroxyl groups is 1. The second-order valence-corrected chi connectivity index (χ2v) is 9.04. The van der Waals surface area contributed by atoms with Gasteiger partial charge in [0.05, 0.1) is 30.2 Å². The van der Waals surface area contributed by atoms with Gasteiger partial charge in [0.1, 0.15) is 17.1 Å². The number of phenols is 1. The smallest absolute Gasteiger partial charge is 0.241 e. The third-order valence-electron chi connectivity index (χ3n) is 6.76. The van der Waals surface area contributed by atoms with Crippen LogP contribution in [0.3, 0.4) is 0 Å². The molecule has 2 aromatic rings. The maximum absolute atomic E-state index is 13.8. The van der Waals surface area contributed by atoms with Gasteiger partial charge in [0, 0.05) is 24.7 Å². The molecule has 2 aromatic carbocycles. The Labute approximate surface area is 185 Å². The van der Waals surface area contributed by atoms with E-state index in [4.69, 9.17) is 9.47 Å². The SMILES string of the molecule is COC[C@@H]1[C@@H]2C(=O)N(c3ccccc3)C(=O)[C@@H]2C2=C(c3ccc(O)cc3OC2(C)C)[C@H]1O. The summed E-state index contributed by atoms with van der Waals surface area (Å²) in [5, 5.41) is 21.5. The van der Waals surface area contributed by atoms with Crippen molar-refractivity contribution in [1.29, 1.82) is 0 Å². The van der Waals surface area contributed by atoms with Crippen molar-refractivity contribution < 1.29 is 29.3 Å². The van der Waals surface area contributed by atoms with Crippen LogP contribution >= 0.6 is 0 Å². The summed E-state index contributed by atoms with van der Waals surface area (Å²) in [6, 6.07) is 13.5. The van der Waals surface area contributed by atoms with Crippen LogP contribution < -0.4 is 9.64 Å². The van der Waals surface area contributed by atoms with Gasteiger partial charge in [-0.2, -0.15) is 0 Å². The Kier molecular flexibility index (Phi) is 4.65. The molecule has 1 saturated heterocycles. The van der Waals surface area contributed by atoms with Crippen LogP contribution in [-0.2, 0) is 14.3 Å². The zero-order valence-corrected chi connectivity index (χ0v) is 18.1. The molecule has 166 valence electrons. The van der Waals surface area contributed by atoms with Crippen LogP contribution in [0.4, 0.5) is 5.69 Å². The molecule has 1 fully saturated rings. The Balaban J connectivity index is 1.75. The molecule has 0 bridgehead atoms. The van der Waals surface area contributed by atoms with Crippen molar-refractivity contribution in [1.82, 2.24) is 0 Å². The number of nitrogens with zero attached hydrogens (tertiary/aromatic N) is 1. The molecule has 0 spiro atoms. The standard InChI is InChI=1S/C25H25NO6/c1-25(2)21-19(15-10-9-14(27)11-17(15)32-25)22(28)16(12-31-3)18-20(21)24(30)26(23(18)29)13-7-5-4-6-8-13/h4-11,16,18,20,22,27-28H,12H2,1-3H3/t16-,18+,20+,22+/m1/s1. The Hall–Kier alpha value is -3.16. The second kappa shape index (κ2) is 7.18. The summed E-state index contributed by atoms with van der Waals surface area (Å²) >= 11 is 0. The Morgan fingerprint density at radius 3 is 2.50 bits per heavy atom. The van der Waals surface area contributed by atoms with Crippen molar-refractivity contribution in [3.05, 3.63) is 59.7 Å². The lowest BCUT2D eigenvalue weighted by Gasteiger charge is -2.46. The van der Waals surface area contributed by atoms with Crippen molar-refractivity contribution in [2.75, 3.05) is 18.6 Å². The van der Waals surface area contributed by atoms with Crippen LogP contribution in [0.25, 0.3) is 5.57 Å². The normalized spacial score (nSPS) is 28.2. The fourth-order valence-electron chi connectivity index (χ4n) is 5.53. The van der Waals surface area contributed by atoms with E-state index in [1.54, 1.807) is 30.3 Å². The second-order valence-electron chi connectivity index (χ2n) is 9.04. The van der Waals surface area contributed by atoms with Gasteiger partial charge in [-0.25, -0.2) is 4.90 Å². The van der Waals surface area contributed by atoms with E-state index in [-0.39, 0.29) is 24.2 Å². The third kappa shape index (κ3) is 2.81. The van der Waals surface area contributed by atoms with E-state index >= 15 is 0 Å². The highest BCUT2D eigenvalue weighted by Crippen LogP contribution is 2.56. The number of hydrogen-bond donors (Lipinski definition) is 2. The molecule has 5 rings (SSSR count). The summed E-state index contributed by atoms with van der Waals surface area (Å²) in [5.41, 5.74) is 1.33. The van der Waals surface area contributed by atoms with Crippen LogP contribution in [0.5, 0.6) is 11.5 Å². The number of imide groups is 1. The molecule has 2 aliphatic heterocycles. The van der Waals surface area contributed by atoms with Gasteiger partial charge in [-0.05, 0) is 49.3 Å². The molecule has 3 aliphatic rings. The number of fused-ring (bicyclic) bond motifs is 4. The highest BCUT2D eigenvalue weighted by molar-refractivity contribution is 6.24. The van der Waals surface area contributed by atoms with Crippen molar-refractivity contribution in [2.45, 2.75) is 25.6 Å². The summed E-state index contributed by atoms with van der Waals surface area (Å²) in [6.07, 6.45) is -1.04. The van der Waals surface area contributed by atoms with Gasteiger partial charge in [0.2, 0.25) is 11.8 Å². The minimum atomic E-state index is -1.04. The molecule has 2 N–H and O–H groups in total. The first-order valence-corrected chi connectivity index (χ1v) is 10.6. The number of aliphatic hydroxyl groups excluding tert-OH is 1. The first kappa shape index (κ1) is 20.7. The molecule has 2 heterocycles. The lowest BCUT2D eigenvalue weighted by molar-refractivity contribution is -0.125. The van der Waals surface area contributed by atoms with Gasteiger partial charge in [-0.1, -0.05) is 18.2 Å². The molecule has 1 aliphatic carbocycles. The van der Waals surface area contributed by atoms with E-state index in [1.807, 2.05) is 19.9 Å². The largest absolute Gasteiger partial charge is 0.508 e. The van der Waals surface area contributed by atoms with E-state index in [2.05, 4.69) is 0 Å². The molecular formula is C25H25NO6. The quantitative estimate of drug-likeness (QED) is 0.720. The van der Waals surface area contributed by atoms with Gasteiger partial charge >= 0.3 is 0 Å². The van der Waals surface area contributed by atoms with E-state index < -0.39 is 29.5 Å². The maximum atomic E-state index is 13.8. The Morgan fingerprint density at radius 2 is 1.81 bits per heavy atom. The molecule has 7 heteroatoms. The van der Waals surface area contributed by atoms with Crippen LogP contribution in [0, 0.1) is 17.8 Å². The van der Waals surface area contributed by atoms with E-state index in [9.17, 15) is 19.8 Å². The maximum Gasteiger partial charge on any atom is 0.241 e. The number of ether oxygens (including phenoxy) is 2. The van der Waals surface area contributed by atoms with Crippen molar-refractivity contribution >= 4 is 23.1 Å². The van der Waals surface area contributed by atoms with Crippen molar-refractivity contribution in [3.63, 3.8) is 0 Å². The molecule has 2 amide bonds. The lowest BCUT2D eigenvalue weighted by atomic mass is 9.63. The number of hydrogen-bond acceptors (Lipinski definition) is 6. The molecule has 0 aromatic heterocycles. The number of amides is 2. The van der Waals surface area contributed by atoms with Gasteiger partial charge in [-0.15, -0.1) is 0 Å². The van der Waals surface area contributed by atoms with Gasteiger partial charge in [-0.3, -0.25) is 9.59 Å². The zero-order chi connectivity index (χ0) is 22.8. The zero-order valence-electron chi connectivity index (χ0n) is 18.1. The number of phenolic OH excluding ortho intramolecular Hbond substituents is 1. The molecule has 0 saturated carbocycles. The fourth-order valence-corrected chi connectivity index (χ4v) is 5.53. The van der Waals surface area contributed by atoms with Gasteiger partial charge in [0.15, 0.2) is 0 Å². The Bertz CT molecular complexity index is 1140. The van der Waals surface area contributed by atoms with Crippen LogP contribution in [-0.4, -0.2) is 47.4 Å². The highest BCUT2D eigenvalue weighted by atomic mass is 16.5. The van der Waals surface area contributed by atoms with Crippen molar-refractivity contribution in [3.8, 4) is 11.5 Å². The predicted octanol–water partition coefficient (Wildman–Crippen LogP) is 2.76. The third-order valence-corrected chi connectivity index (χ3v) is 6.76. The molecule has 0 radical (unpaired) electrons. The minimum absolute atomic E-state index is 0.0441. The monoisotopic (exact) mass is 435 g/mol. The minimum Gasteiger partial charge on any atom is -0.508 e. The molecule has 7 nitrogen and oxygen atoms in total. The van der Waals surface area contributed by atoms with Crippen LogP contribution in [0.1, 0.15) is 19.4 Å². The molecular weight excluding hydrogens is 410 g/mol. The highest BCUT2D eigenvalue weighted by Gasteiger charge is 2.61. The summed E-state index contributed by atoms with van der Waals surface area (Å²) in [6.45, 7) is 3.76. The number of benzene rings is 2. The molecule has 32 heavy (non-hydrogen) atoms. The van der Waals surface area contributed by atoms with Gasteiger partial charge < -0.3 is 19.7 Å². The van der Waals surface area contributed by atoms with E-state index in [0.29, 0.717) is 28.1 Å². The van der Waals surface area contributed by atoms with Crippen LogP contribution in [0.15, 0.2) is 54.1 Å². The number of aliphatic hydroxyl groups is 1. The predicted molar refractivity (Wildman–Crippen MR) is 117 cm³/mol. The first-order chi connectivity index (χ1) is 15.3. The number of carbonyl (C=O) groups excluding carboxylic acids is 2. The lowest BCUT2D eigenvalue weighted by Crippen LogP contribution is -2.50. The summed E-state index contributed by atoms with van der Waals surface area (Å²) in [4.78, 5) is 28.6. The number of methoxy groups -OCH3 is 1. The van der Waals surface area contributed by atoms with Crippen LogP contribution in [0.2, 0.25) is 0 Å². The summed E-state index contributed by atoms with van der Waals surface area (Å²) in [7, 11) is 1.52. The summed E-state index contributed by atoms with van der Waals surface area (Å²) in [5.74, 6) is -2.35. The average Bonchev–Trinajstić information content (AvgIpc) is 3.00. The van der Waals surface area contributed by atoms with Gasteiger partial charge in [0.25, 0.3) is 0 Å². The average molecular weight is 435 g/mol. The van der Waals surface area contributed by atoms with Crippen molar-refractivity contribution in [2.24, 2.45) is 17.8 Å². The topological polar surface area (TPSA) is 96.3 Å². The molecule has 0 unspecified atom stereocenters. The van der Waals surface area contributed by atoms with E-state index in [1.165, 1.54) is 24.1 Å².